The summed E-state index contributed by atoms with van der Waals surface area (Å²) in [5.41, 5.74) is 2.62. The van der Waals surface area contributed by atoms with Crippen molar-refractivity contribution in [1.29, 1.82) is 0 Å². The molecule has 6 nitrogen and oxygen atoms in total. The van der Waals surface area contributed by atoms with E-state index in [1.165, 1.54) is 11.3 Å². The molecule has 0 saturated carbocycles. The molecule has 1 aliphatic heterocycles. The SMILES string of the molecule is CCNC(=NCCCOC1CCOC1)NCCN(CC)c1ccccc1C. The molecule has 0 radical (unpaired) electrons. The highest BCUT2D eigenvalue weighted by Crippen LogP contribution is 2.18. The number of guanidine groups is 1. The van der Waals surface area contributed by atoms with Crippen LogP contribution in [-0.2, 0) is 9.47 Å². The van der Waals surface area contributed by atoms with Gasteiger partial charge in [-0.2, -0.15) is 0 Å². The van der Waals surface area contributed by atoms with Crippen molar-refractivity contribution in [1.82, 2.24) is 10.6 Å². The van der Waals surface area contributed by atoms with E-state index in [0.29, 0.717) is 0 Å². The number of aliphatic imine (C=N–C) groups is 1. The van der Waals surface area contributed by atoms with Crippen molar-refractivity contribution in [2.24, 2.45) is 4.99 Å². The van der Waals surface area contributed by atoms with Gasteiger partial charge >= 0.3 is 0 Å². The molecule has 1 fully saturated rings. The Balaban J connectivity index is 1.71. The number of anilines is 1. The number of hydrogen-bond acceptors (Lipinski definition) is 4. The van der Waals surface area contributed by atoms with Crippen molar-refractivity contribution in [3.63, 3.8) is 0 Å². The summed E-state index contributed by atoms with van der Waals surface area (Å²) >= 11 is 0. The van der Waals surface area contributed by atoms with Gasteiger partial charge in [-0.05, 0) is 45.2 Å². The second kappa shape index (κ2) is 12.6. The van der Waals surface area contributed by atoms with Gasteiger partial charge in [0.2, 0.25) is 0 Å². The maximum Gasteiger partial charge on any atom is 0.191 e. The molecule has 152 valence electrons. The van der Waals surface area contributed by atoms with Gasteiger partial charge in [0.25, 0.3) is 0 Å². The van der Waals surface area contributed by atoms with Gasteiger partial charge in [-0.1, -0.05) is 18.2 Å². The first kappa shape index (κ1) is 21.5. The molecule has 0 bridgehead atoms. The molecule has 1 saturated heterocycles. The smallest absolute Gasteiger partial charge is 0.191 e. The fourth-order valence-electron chi connectivity index (χ4n) is 3.17. The first-order valence-corrected chi connectivity index (χ1v) is 10.3. The molecule has 2 N–H and O–H groups in total. The molecule has 1 aromatic rings. The maximum atomic E-state index is 5.79. The summed E-state index contributed by atoms with van der Waals surface area (Å²) < 4.78 is 11.1. The van der Waals surface area contributed by atoms with E-state index in [2.05, 4.69) is 65.6 Å². The fourth-order valence-corrected chi connectivity index (χ4v) is 3.17. The zero-order valence-corrected chi connectivity index (χ0v) is 17.2. The van der Waals surface area contributed by atoms with Crippen LogP contribution >= 0.6 is 0 Å². The van der Waals surface area contributed by atoms with E-state index in [4.69, 9.17) is 9.47 Å². The van der Waals surface area contributed by atoms with E-state index in [0.717, 1.165) is 71.3 Å². The third kappa shape index (κ3) is 7.77. The molecule has 1 heterocycles. The Kier molecular flexibility index (Phi) is 10.0. The van der Waals surface area contributed by atoms with Crippen LogP contribution in [0.3, 0.4) is 0 Å². The lowest BCUT2D eigenvalue weighted by Crippen LogP contribution is -2.42. The molecule has 2 rings (SSSR count). The van der Waals surface area contributed by atoms with Gasteiger partial charge in [0, 0.05) is 51.6 Å². The van der Waals surface area contributed by atoms with Crippen LogP contribution in [0.25, 0.3) is 0 Å². The Bertz CT molecular complexity index is 559. The average Bonchev–Trinajstić information content (AvgIpc) is 3.19. The standard InChI is InChI=1S/C21H36N4O2/c1-4-22-21(23-12-8-15-27-19-11-16-26-17-19)24-13-14-25(5-2)20-10-7-6-9-18(20)3/h6-7,9-10,19H,4-5,8,11-17H2,1-3H3,(H2,22,23,24). The third-order valence-electron chi connectivity index (χ3n) is 4.67. The van der Waals surface area contributed by atoms with Crippen LogP contribution in [-0.4, -0.2) is 64.6 Å². The summed E-state index contributed by atoms with van der Waals surface area (Å²) in [6, 6.07) is 8.54. The van der Waals surface area contributed by atoms with Crippen molar-refractivity contribution in [3.05, 3.63) is 29.8 Å². The van der Waals surface area contributed by atoms with Crippen LogP contribution < -0.4 is 15.5 Å². The highest BCUT2D eigenvalue weighted by Gasteiger charge is 2.15. The molecule has 6 heteroatoms. The lowest BCUT2D eigenvalue weighted by atomic mass is 10.2. The number of benzene rings is 1. The molecule has 1 aliphatic rings. The molecule has 27 heavy (non-hydrogen) atoms. The van der Waals surface area contributed by atoms with E-state index < -0.39 is 0 Å². The quantitative estimate of drug-likeness (QED) is 0.353. The first-order chi connectivity index (χ1) is 13.2. The largest absolute Gasteiger partial charge is 0.379 e. The van der Waals surface area contributed by atoms with Crippen LogP contribution in [0.4, 0.5) is 5.69 Å². The van der Waals surface area contributed by atoms with E-state index in [1.807, 2.05) is 0 Å². The molecular formula is C21H36N4O2. The molecular weight excluding hydrogens is 340 g/mol. The minimum atomic E-state index is 0.279. The Morgan fingerprint density at radius 2 is 2.15 bits per heavy atom. The zero-order chi connectivity index (χ0) is 19.3. The van der Waals surface area contributed by atoms with E-state index in [-0.39, 0.29) is 6.10 Å². The number of nitrogens with zero attached hydrogens (tertiary/aromatic N) is 2. The van der Waals surface area contributed by atoms with Crippen LogP contribution in [0.15, 0.2) is 29.3 Å². The monoisotopic (exact) mass is 376 g/mol. The minimum absolute atomic E-state index is 0.279. The second-order valence-corrected chi connectivity index (χ2v) is 6.76. The van der Waals surface area contributed by atoms with Gasteiger partial charge in [-0.3, -0.25) is 4.99 Å². The topological polar surface area (TPSA) is 58.1 Å². The Morgan fingerprint density at radius 3 is 2.85 bits per heavy atom. The molecule has 1 unspecified atom stereocenters. The zero-order valence-electron chi connectivity index (χ0n) is 17.2. The van der Waals surface area contributed by atoms with Crippen molar-refractivity contribution >= 4 is 11.6 Å². The van der Waals surface area contributed by atoms with Crippen molar-refractivity contribution in [2.75, 3.05) is 57.4 Å². The molecule has 1 aromatic carbocycles. The fraction of sp³-hybridized carbons (Fsp3) is 0.667. The van der Waals surface area contributed by atoms with E-state index in [9.17, 15) is 0 Å². The molecule has 0 aromatic heterocycles. The minimum Gasteiger partial charge on any atom is -0.379 e. The summed E-state index contributed by atoms with van der Waals surface area (Å²) in [6.07, 6.45) is 2.22. The van der Waals surface area contributed by atoms with Crippen LogP contribution in [0.2, 0.25) is 0 Å². The third-order valence-corrected chi connectivity index (χ3v) is 4.67. The molecule has 0 aliphatic carbocycles. The highest BCUT2D eigenvalue weighted by molar-refractivity contribution is 5.79. The lowest BCUT2D eigenvalue weighted by molar-refractivity contribution is 0.0424. The number of para-hydroxylation sites is 1. The molecule has 1 atom stereocenters. The van der Waals surface area contributed by atoms with Gasteiger partial charge in [-0.15, -0.1) is 0 Å². The lowest BCUT2D eigenvalue weighted by Gasteiger charge is -2.25. The Morgan fingerprint density at radius 1 is 1.30 bits per heavy atom. The summed E-state index contributed by atoms with van der Waals surface area (Å²) in [5, 5.41) is 6.76. The molecule has 0 amide bonds. The summed E-state index contributed by atoms with van der Waals surface area (Å²) in [6.45, 7) is 13.2. The normalized spacial score (nSPS) is 17.1. The van der Waals surface area contributed by atoms with Crippen molar-refractivity contribution < 1.29 is 9.47 Å². The Hall–Kier alpha value is -1.79. The predicted octanol–water partition coefficient (Wildman–Crippen LogP) is 2.57. The summed E-state index contributed by atoms with van der Waals surface area (Å²) in [4.78, 5) is 7.05. The van der Waals surface area contributed by atoms with Crippen LogP contribution in [0.1, 0.15) is 32.3 Å². The average molecular weight is 377 g/mol. The van der Waals surface area contributed by atoms with Crippen molar-refractivity contribution in [3.8, 4) is 0 Å². The van der Waals surface area contributed by atoms with Gasteiger partial charge in [0.1, 0.15) is 0 Å². The Labute approximate surface area is 164 Å². The molecule has 0 spiro atoms. The van der Waals surface area contributed by atoms with Gasteiger partial charge < -0.3 is 25.0 Å². The van der Waals surface area contributed by atoms with Crippen LogP contribution in [0, 0.1) is 6.92 Å². The van der Waals surface area contributed by atoms with Gasteiger partial charge in [0.05, 0.1) is 12.7 Å². The first-order valence-electron chi connectivity index (χ1n) is 10.3. The summed E-state index contributed by atoms with van der Waals surface area (Å²) in [5.74, 6) is 0.877. The predicted molar refractivity (Wildman–Crippen MR) is 113 cm³/mol. The van der Waals surface area contributed by atoms with E-state index >= 15 is 0 Å². The van der Waals surface area contributed by atoms with Gasteiger partial charge in [0.15, 0.2) is 5.96 Å². The number of likely N-dealkylation sites (N-methyl/N-ethyl adjacent to an activating group) is 1. The number of rotatable bonds is 11. The number of ether oxygens (including phenoxy) is 2. The summed E-state index contributed by atoms with van der Waals surface area (Å²) in [7, 11) is 0. The number of nitrogens with one attached hydrogen (secondary N) is 2. The van der Waals surface area contributed by atoms with Gasteiger partial charge in [-0.25, -0.2) is 0 Å². The van der Waals surface area contributed by atoms with E-state index in [1.54, 1.807) is 0 Å². The van der Waals surface area contributed by atoms with Crippen molar-refractivity contribution in [2.45, 2.75) is 39.7 Å². The highest BCUT2D eigenvalue weighted by atomic mass is 16.5. The maximum absolute atomic E-state index is 5.79. The number of aryl methyl sites for hydroxylation is 1. The van der Waals surface area contributed by atoms with Crippen LogP contribution in [0.5, 0.6) is 0 Å². The number of hydrogen-bond donors (Lipinski definition) is 2. The second-order valence-electron chi connectivity index (χ2n) is 6.76.